The Balaban J connectivity index is 1.69. The van der Waals surface area contributed by atoms with Gasteiger partial charge in [0.05, 0.1) is 30.3 Å². The molecule has 0 aliphatic carbocycles. The van der Waals surface area contributed by atoms with E-state index in [1.165, 1.54) is 12.0 Å². The van der Waals surface area contributed by atoms with Crippen LogP contribution in [0.3, 0.4) is 0 Å². The molecule has 0 saturated carbocycles. The summed E-state index contributed by atoms with van der Waals surface area (Å²) >= 11 is 6.51. The Labute approximate surface area is 198 Å². The van der Waals surface area contributed by atoms with Crippen LogP contribution in [0.2, 0.25) is 5.02 Å². The van der Waals surface area contributed by atoms with Gasteiger partial charge in [-0.3, -0.25) is 24.3 Å². The number of pyridine rings is 1. The fraction of sp³-hybridized carbons (Fsp3) is 0.440. The largest absolute Gasteiger partial charge is 0.383 e. The Kier molecular flexibility index (Phi) is 7.10. The Hall–Kier alpha value is -2.77. The number of ether oxygens (including phenoxy) is 1. The van der Waals surface area contributed by atoms with Crippen molar-refractivity contribution in [1.82, 2.24) is 14.8 Å². The molecule has 33 heavy (non-hydrogen) atoms. The second kappa shape index (κ2) is 10.0. The first kappa shape index (κ1) is 23.4. The van der Waals surface area contributed by atoms with Gasteiger partial charge in [0.25, 0.3) is 0 Å². The number of likely N-dealkylation sites (tertiary alicyclic amines) is 2. The number of piperidine rings is 1. The second-order valence-corrected chi connectivity index (χ2v) is 9.02. The van der Waals surface area contributed by atoms with Crippen molar-refractivity contribution in [3.05, 3.63) is 64.9 Å². The summed E-state index contributed by atoms with van der Waals surface area (Å²) in [6.45, 7) is 0.973. The predicted molar refractivity (Wildman–Crippen MR) is 124 cm³/mol. The van der Waals surface area contributed by atoms with Gasteiger partial charge in [-0.15, -0.1) is 0 Å². The smallest absolute Gasteiger partial charge is 0.241 e. The fourth-order valence-corrected chi connectivity index (χ4v) is 5.29. The van der Waals surface area contributed by atoms with Crippen molar-refractivity contribution in [2.24, 2.45) is 0 Å². The highest BCUT2D eigenvalue weighted by Crippen LogP contribution is 2.44. The normalized spacial score (nSPS) is 23.3. The lowest BCUT2D eigenvalue weighted by Crippen LogP contribution is -2.46. The minimum Gasteiger partial charge on any atom is -0.383 e. The molecule has 1 aromatic heterocycles. The van der Waals surface area contributed by atoms with Crippen molar-refractivity contribution in [3.8, 4) is 0 Å². The summed E-state index contributed by atoms with van der Waals surface area (Å²) in [5.74, 6) is -0.873. The van der Waals surface area contributed by atoms with E-state index in [0.29, 0.717) is 17.1 Å². The van der Waals surface area contributed by atoms with Crippen LogP contribution in [0.25, 0.3) is 0 Å². The molecule has 0 N–H and O–H groups in total. The van der Waals surface area contributed by atoms with E-state index in [0.717, 1.165) is 25.0 Å². The van der Waals surface area contributed by atoms with Gasteiger partial charge in [0.1, 0.15) is 0 Å². The van der Waals surface area contributed by atoms with Crippen molar-refractivity contribution < 1.29 is 19.1 Å². The van der Waals surface area contributed by atoms with Gasteiger partial charge in [-0.1, -0.05) is 35.9 Å². The first-order valence-corrected chi connectivity index (χ1v) is 11.6. The summed E-state index contributed by atoms with van der Waals surface area (Å²) in [5, 5.41) is 0.375. The molecule has 2 fully saturated rings. The maximum atomic E-state index is 13.7. The lowest BCUT2D eigenvalue weighted by molar-refractivity contribution is -0.144. The zero-order chi connectivity index (χ0) is 23.4. The Morgan fingerprint density at radius 1 is 1.18 bits per heavy atom. The molecule has 8 heteroatoms. The first-order chi connectivity index (χ1) is 16.0. The Morgan fingerprint density at radius 3 is 2.70 bits per heavy atom. The van der Waals surface area contributed by atoms with Crippen LogP contribution in [0.4, 0.5) is 0 Å². The molecule has 1 aromatic carbocycles. The van der Waals surface area contributed by atoms with E-state index in [2.05, 4.69) is 4.98 Å². The average molecular weight is 470 g/mol. The first-order valence-electron chi connectivity index (χ1n) is 11.3. The van der Waals surface area contributed by atoms with Crippen molar-refractivity contribution in [2.45, 2.75) is 43.6 Å². The summed E-state index contributed by atoms with van der Waals surface area (Å²) in [5.41, 5.74) is 0.0318. The topological polar surface area (TPSA) is 79.8 Å². The van der Waals surface area contributed by atoms with Crippen LogP contribution in [0, 0.1) is 0 Å². The standard InChI is InChI=1S/C25H28ClN3O4/c1-33-15-14-29-23(31)17-25(24(29)32,18-8-2-3-9-19(18)26)16-22(30)28-13-7-5-11-21(28)20-10-4-6-12-27-20/h2-4,6,8-10,12,21H,5,7,11,13-17H2,1H3/t21-,25+/m0/s1. The molecule has 0 spiro atoms. The number of aromatic nitrogens is 1. The number of imide groups is 1. The highest BCUT2D eigenvalue weighted by Gasteiger charge is 2.55. The number of carbonyl (C=O) groups excluding carboxylic acids is 3. The van der Waals surface area contributed by atoms with E-state index in [1.807, 2.05) is 23.1 Å². The number of hydrogen-bond donors (Lipinski definition) is 0. The van der Waals surface area contributed by atoms with Crippen LogP contribution in [0.1, 0.15) is 49.4 Å². The minimum absolute atomic E-state index is 0.0902. The number of rotatable bonds is 7. The van der Waals surface area contributed by atoms with Gasteiger partial charge in [0.15, 0.2) is 0 Å². The Bertz CT molecular complexity index is 1030. The number of methoxy groups -OCH3 is 1. The molecule has 3 heterocycles. The Morgan fingerprint density at radius 2 is 1.97 bits per heavy atom. The van der Waals surface area contributed by atoms with Crippen molar-refractivity contribution >= 4 is 29.3 Å². The summed E-state index contributed by atoms with van der Waals surface area (Å²) < 4.78 is 5.08. The molecular weight excluding hydrogens is 442 g/mol. The highest BCUT2D eigenvalue weighted by atomic mass is 35.5. The molecule has 2 atom stereocenters. The molecule has 2 aliphatic heterocycles. The maximum absolute atomic E-state index is 13.7. The third kappa shape index (κ3) is 4.52. The summed E-state index contributed by atoms with van der Waals surface area (Å²) in [4.78, 5) is 47.8. The molecule has 0 bridgehead atoms. The van der Waals surface area contributed by atoms with Crippen molar-refractivity contribution in [3.63, 3.8) is 0 Å². The predicted octanol–water partition coefficient (Wildman–Crippen LogP) is 3.52. The molecule has 174 valence electrons. The molecule has 7 nitrogen and oxygen atoms in total. The van der Waals surface area contributed by atoms with E-state index >= 15 is 0 Å². The van der Waals surface area contributed by atoms with E-state index in [9.17, 15) is 14.4 Å². The summed E-state index contributed by atoms with van der Waals surface area (Å²) in [6, 6.07) is 12.5. The lowest BCUT2D eigenvalue weighted by Gasteiger charge is -2.38. The molecule has 0 radical (unpaired) electrons. The third-order valence-corrected chi connectivity index (χ3v) is 6.95. The highest BCUT2D eigenvalue weighted by molar-refractivity contribution is 6.32. The second-order valence-electron chi connectivity index (χ2n) is 8.61. The zero-order valence-electron chi connectivity index (χ0n) is 18.7. The minimum atomic E-state index is -1.33. The summed E-state index contributed by atoms with van der Waals surface area (Å²) in [6.07, 6.45) is 4.23. The quantitative estimate of drug-likeness (QED) is 0.579. The monoisotopic (exact) mass is 469 g/mol. The van der Waals surface area contributed by atoms with Crippen LogP contribution in [0.15, 0.2) is 48.7 Å². The number of benzene rings is 1. The SMILES string of the molecule is COCCN1C(=O)C[C@](CC(=O)N2CCCC[C@H]2c2ccccn2)(c2ccccc2Cl)C1=O. The van der Waals surface area contributed by atoms with Crippen LogP contribution in [-0.2, 0) is 24.5 Å². The summed E-state index contributed by atoms with van der Waals surface area (Å²) in [7, 11) is 1.52. The van der Waals surface area contributed by atoms with E-state index in [1.54, 1.807) is 30.5 Å². The van der Waals surface area contributed by atoms with Gasteiger partial charge in [0, 0.05) is 37.7 Å². The average Bonchev–Trinajstić information content (AvgIpc) is 3.07. The van der Waals surface area contributed by atoms with Gasteiger partial charge in [-0.25, -0.2) is 0 Å². The molecule has 2 aliphatic rings. The van der Waals surface area contributed by atoms with Crippen LogP contribution >= 0.6 is 11.6 Å². The van der Waals surface area contributed by atoms with Gasteiger partial charge in [-0.2, -0.15) is 0 Å². The third-order valence-electron chi connectivity index (χ3n) is 6.62. The van der Waals surface area contributed by atoms with E-state index in [4.69, 9.17) is 16.3 Å². The molecule has 4 rings (SSSR count). The number of nitrogens with zero attached hydrogens (tertiary/aromatic N) is 3. The van der Waals surface area contributed by atoms with Crippen LogP contribution in [-0.4, -0.2) is 59.3 Å². The van der Waals surface area contributed by atoms with E-state index < -0.39 is 11.3 Å². The van der Waals surface area contributed by atoms with E-state index in [-0.39, 0.29) is 43.8 Å². The fourth-order valence-electron chi connectivity index (χ4n) is 4.97. The van der Waals surface area contributed by atoms with Gasteiger partial charge >= 0.3 is 0 Å². The maximum Gasteiger partial charge on any atom is 0.241 e. The van der Waals surface area contributed by atoms with Gasteiger partial charge in [-0.05, 0) is 43.0 Å². The lowest BCUT2D eigenvalue weighted by atomic mass is 9.75. The molecular formula is C25H28ClN3O4. The molecule has 2 aromatic rings. The number of carbonyl (C=O) groups is 3. The zero-order valence-corrected chi connectivity index (χ0v) is 19.5. The molecule has 2 saturated heterocycles. The van der Waals surface area contributed by atoms with Crippen LogP contribution in [0.5, 0.6) is 0 Å². The van der Waals surface area contributed by atoms with Crippen molar-refractivity contribution in [2.75, 3.05) is 26.8 Å². The number of hydrogen-bond acceptors (Lipinski definition) is 5. The number of halogens is 1. The van der Waals surface area contributed by atoms with Gasteiger partial charge in [0.2, 0.25) is 17.7 Å². The number of amides is 3. The molecule has 3 amide bonds. The van der Waals surface area contributed by atoms with Crippen molar-refractivity contribution in [1.29, 1.82) is 0 Å². The van der Waals surface area contributed by atoms with Crippen LogP contribution < -0.4 is 0 Å². The van der Waals surface area contributed by atoms with Gasteiger partial charge < -0.3 is 9.64 Å². The molecule has 0 unspecified atom stereocenters.